The molecule has 0 aliphatic carbocycles. The molecular formula is C11H15BrO2. The van der Waals surface area contributed by atoms with E-state index >= 15 is 0 Å². The lowest BCUT2D eigenvalue weighted by Crippen LogP contribution is -2.04. The molecule has 1 aromatic rings. The molecule has 0 bridgehead atoms. The highest BCUT2D eigenvalue weighted by Crippen LogP contribution is 2.23. The summed E-state index contributed by atoms with van der Waals surface area (Å²) in [5.41, 5.74) is 0. The van der Waals surface area contributed by atoms with E-state index in [0.717, 1.165) is 23.1 Å². The first kappa shape index (κ1) is 11.5. The minimum Gasteiger partial charge on any atom is -0.492 e. The molecule has 3 heteroatoms. The van der Waals surface area contributed by atoms with Crippen molar-refractivity contribution >= 4 is 15.9 Å². The van der Waals surface area contributed by atoms with Crippen molar-refractivity contribution in [3.63, 3.8) is 0 Å². The molecule has 0 aliphatic heterocycles. The van der Waals surface area contributed by atoms with E-state index in [1.165, 1.54) is 0 Å². The molecule has 0 radical (unpaired) electrons. The SMILES string of the molecule is CC(O)CCCOc1ccccc1Br. The molecule has 0 aliphatic rings. The van der Waals surface area contributed by atoms with E-state index in [-0.39, 0.29) is 6.10 Å². The maximum atomic E-state index is 9.04. The minimum atomic E-state index is -0.238. The molecule has 14 heavy (non-hydrogen) atoms. The van der Waals surface area contributed by atoms with Crippen LogP contribution in [0.3, 0.4) is 0 Å². The summed E-state index contributed by atoms with van der Waals surface area (Å²) in [6.45, 7) is 2.44. The third-order valence-electron chi connectivity index (χ3n) is 1.86. The lowest BCUT2D eigenvalue weighted by molar-refractivity contribution is 0.170. The number of hydrogen-bond acceptors (Lipinski definition) is 2. The first-order valence-corrected chi connectivity index (χ1v) is 5.55. The van der Waals surface area contributed by atoms with Crippen molar-refractivity contribution in [1.29, 1.82) is 0 Å². The molecule has 2 nitrogen and oxygen atoms in total. The third-order valence-corrected chi connectivity index (χ3v) is 2.52. The minimum absolute atomic E-state index is 0.238. The predicted octanol–water partition coefficient (Wildman–Crippen LogP) is 2.99. The van der Waals surface area contributed by atoms with Gasteiger partial charge in [0, 0.05) is 0 Å². The van der Waals surface area contributed by atoms with Crippen LogP contribution in [0.15, 0.2) is 28.7 Å². The van der Waals surface area contributed by atoms with Crippen LogP contribution < -0.4 is 4.74 Å². The van der Waals surface area contributed by atoms with Gasteiger partial charge in [-0.25, -0.2) is 0 Å². The van der Waals surface area contributed by atoms with E-state index in [4.69, 9.17) is 9.84 Å². The fourth-order valence-electron chi connectivity index (χ4n) is 1.12. The summed E-state index contributed by atoms with van der Waals surface area (Å²) in [6.07, 6.45) is 1.42. The zero-order valence-corrected chi connectivity index (χ0v) is 9.83. The van der Waals surface area contributed by atoms with Gasteiger partial charge in [0.05, 0.1) is 17.2 Å². The average Bonchev–Trinajstić information content (AvgIpc) is 2.15. The standard InChI is InChI=1S/C11H15BrO2/c1-9(13)5-4-8-14-11-7-3-2-6-10(11)12/h2-3,6-7,9,13H,4-5,8H2,1H3. The number of aliphatic hydroxyl groups excluding tert-OH is 1. The molecule has 0 saturated heterocycles. The highest BCUT2D eigenvalue weighted by atomic mass is 79.9. The van der Waals surface area contributed by atoms with Crippen LogP contribution in [0.1, 0.15) is 19.8 Å². The van der Waals surface area contributed by atoms with Crippen molar-refractivity contribution in [3.8, 4) is 5.75 Å². The van der Waals surface area contributed by atoms with Gasteiger partial charge in [-0.1, -0.05) is 12.1 Å². The first-order valence-electron chi connectivity index (χ1n) is 4.75. The van der Waals surface area contributed by atoms with Crippen LogP contribution in [-0.2, 0) is 0 Å². The Kier molecular flexibility index (Phi) is 4.98. The Balaban J connectivity index is 2.28. The van der Waals surface area contributed by atoms with Gasteiger partial charge in [-0.2, -0.15) is 0 Å². The van der Waals surface area contributed by atoms with Crippen LogP contribution in [0.5, 0.6) is 5.75 Å². The van der Waals surface area contributed by atoms with E-state index in [9.17, 15) is 0 Å². The zero-order valence-electron chi connectivity index (χ0n) is 8.24. The zero-order chi connectivity index (χ0) is 10.4. The van der Waals surface area contributed by atoms with Gasteiger partial charge in [0.1, 0.15) is 5.75 Å². The Labute approximate surface area is 93.0 Å². The fraction of sp³-hybridized carbons (Fsp3) is 0.455. The van der Waals surface area contributed by atoms with E-state index in [1.807, 2.05) is 24.3 Å². The van der Waals surface area contributed by atoms with Crippen molar-refractivity contribution in [2.75, 3.05) is 6.61 Å². The molecule has 0 amide bonds. The maximum absolute atomic E-state index is 9.04. The number of hydrogen-bond donors (Lipinski definition) is 1. The van der Waals surface area contributed by atoms with Gasteiger partial charge < -0.3 is 9.84 Å². The van der Waals surface area contributed by atoms with Gasteiger partial charge in [-0.3, -0.25) is 0 Å². The summed E-state index contributed by atoms with van der Waals surface area (Å²) in [5.74, 6) is 0.859. The van der Waals surface area contributed by atoms with Crippen LogP contribution in [-0.4, -0.2) is 17.8 Å². The molecule has 1 aromatic carbocycles. The van der Waals surface area contributed by atoms with E-state index in [2.05, 4.69) is 15.9 Å². The van der Waals surface area contributed by atoms with Crippen LogP contribution in [0.2, 0.25) is 0 Å². The van der Waals surface area contributed by atoms with Gasteiger partial charge in [0.25, 0.3) is 0 Å². The summed E-state index contributed by atoms with van der Waals surface area (Å²) in [6, 6.07) is 7.76. The van der Waals surface area contributed by atoms with Crippen molar-refractivity contribution in [3.05, 3.63) is 28.7 Å². The van der Waals surface area contributed by atoms with E-state index < -0.39 is 0 Å². The topological polar surface area (TPSA) is 29.5 Å². The molecule has 0 fully saturated rings. The molecule has 1 rings (SSSR count). The number of rotatable bonds is 5. The predicted molar refractivity (Wildman–Crippen MR) is 60.6 cm³/mol. The molecule has 0 saturated carbocycles. The van der Waals surface area contributed by atoms with Crippen molar-refractivity contribution < 1.29 is 9.84 Å². The molecule has 78 valence electrons. The normalized spacial score (nSPS) is 12.5. The molecule has 1 unspecified atom stereocenters. The molecule has 1 atom stereocenters. The Hall–Kier alpha value is -0.540. The van der Waals surface area contributed by atoms with Gasteiger partial charge in [-0.05, 0) is 47.8 Å². The number of ether oxygens (including phenoxy) is 1. The molecule has 0 aromatic heterocycles. The summed E-state index contributed by atoms with van der Waals surface area (Å²) in [4.78, 5) is 0. The molecule has 1 N–H and O–H groups in total. The highest BCUT2D eigenvalue weighted by Gasteiger charge is 1.99. The van der Waals surface area contributed by atoms with E-state index in [0.29, 0.717) is 6.61 Å². The number of benzene rings is 1. The lowest BCUT2D eigenvalue weighted by atomic mass is 10.2. The van der Waals surface area contributed by atoms with Crippen LogP contribution >= 0.6 is 15.9 Å². The number of aliphatic hydroxyl groups is 1. The summed E-state index contributed by atoms with van der Waals surface area (Å²) < 4.78 is 6.50. The van der Waals surface area contributed by atoms with Gasteiger partial charge in [0.2, 0.25) is 0 Å². The summed E-state index contributed by atoms with van der Waals surface area (Å²) in [7, 11) is 0. The summed E-state index contributed by atoms with van der Waals surface area (Å²) >= 11 is 3.40. The van der Waals surface area contributed by atoms with Crippen LogP contribution in [0.25, 0.3) is 0 Å². The fourth-order valence-corrected chi connectivity index (χ4v) is 1.52. The second kappa shape index (κ2) is 6.04. The van der Waals surface area contributed by atoms with Crippen molar-refractivity contribution in [1.82, 2.24) is 0 Å². The molecule has 0 heterocycles. The van der Waals surface area contributed by atoms with Crippen LogP contribution in [0, 0.1) is 0 Å². The maximum Gasteiger partial charge on any atom is 0.133 e. The Morgan fingerprint density at radius 1 is 1.43 bits per heavy atom. The Bertz CT molecular complexity index is 274. The number of para-hydroxylation sites is 1. The van der Waals surface area contributed by atoms with Crippen molar-refractivity contribution in [2.45, 2.75) is 25.9 Å². The second-order valence-corrected chi connectivity index (χ2v) is 4.12. The second-order valence-electron chi connectivity index (χ2n) is 3.27. The smallest absolute Gasteiger partial charge is 0.133 e. The molecule has 0 spiro atoms. The highest BCUT2D eigenvalue weighted by molar-refractivity contribution is 9.10. The third kappa shape index (κ3) is 4.11. The Morgan fingerprint density at radius 3 is 2.79 bits per heavy atom. The van der Waals surface area contributed by atoms with Crippen molar-refractivity contribution in [2.24, 2.45) is 0 Å². The average molecular weight is 259 g/mol. The molecular weight excluding hydrogens is 244 g/mol. The van der Waals surface area contributed by atoms with Gasteiger partial charge in [0.15, 0.2) is 0 Å². The quantitative estimate of drug-likeness (QED) is 0.824. The van der Waals surface area contributed by atoms with Gasteiger partial charge in [-0.15, -0.1) is 0 Å². The monoisotopic (exact) mass is 258 g/mol. The van der Waals surface area contributed by atoms with Gasteiger partial charge >= 0.3 is 0 Å². The lowest BCUT2D eigenvalue weighted by Gasteiger charge is -2.08. The Morgan fingerprint density at radius 2 is 2.14 bits per heavy atom. The largest absolute Gasteiger partial charge is 0.492 e. The van der Waals surface area contributed by atoms with E-state index in [1.54, 1.807) is 6.92 Å². The summed E-state index contributed by atoms with van der Waals surface area (Å²) in [5, 5.41) is 9.04. The number of halogens is 1. The van der Waals surface area contributed by atoms with Crippen LogP contribution in [0.4, 0.5) is 0 Å². The first-order chi connectivity index (χ1) is 6.70.